The molecule has 0 atom stereocenters. The van der Waals surface area contributed by atoms with Gasteiger partial charge in [-0.05, 0) is 0 Å². The number of aryl methyl sites for hydroxylation is 1. The van der Waals surface area contributed by atoms with Gasteiger partial charge in [0.25, 0.3) is 5.56 Å². The largest absolute Gasteiger partial charge is 0.383 e. The van der Waals surface area contributed by atoms with Gasteiger partial charge in [-0.15, -0.1) is 0 Å². The highest BCUT2D eigenvalue weighted by Gasteiger charge is 2.22. The second-order valence-electron chi connectivity index (χ2n) is 4.86. The number of nitrogens with zero attached hydrogens (tertiary/aromatic N) is 5. The molecule has 21 heavy (non-hydrogen) atoms. The molecule has 0 fully saturated rings. The summed E-state index contributed by atoms with van der Waals surface area (Å²) in [7, 11) is 3.45. The standard InChI is InChI=1S/C13H15ClN6O/c1-15-11-12(14)16-7-17-13(11)20-4-3-9-8(6-20)5-10(21)19(2)18-9/h5,7,15H,3-4,6H2,1-2H3. The number of rotatable bonds is 2. The third kappa shape index (κ3) is 2.44. The van der Waals surface area contributed by atoms with Crippen molar-refractivity contribution in [2.75, 3.05) is 23.8 Å². The topological polar surface area (TPSA) is 75.9 Å². The molecule has 2 aromatic rings. The van der Waals surface area contributed by atoms with Crippen LogP contribution >= 0.6 is 11.6 Å². The monoisotopic (exact) mass is 306 g/mol. The van der Waals surface area contributed by atoms with Crippen molar-refractivity contribution < 1.29 is 0 Å². The number of nitrogens with one attached hydrogen (secondary N) is 1. The van der Waals surface area contributed by atoms with Crippen molar-refractivity contribution in [3.05, 3.63) is 39.2 Å². The Hall–Kier alpha value is -2.15. The highest BCUT2D eigenvalue weighted by Crippen LogP contribution is 2.31. The minimum atomic E-state index is -0.106. The first kappa shape index (κ1) is 13.8. The minimum Gasteiger partial charge on any atom is -0.383 e. The fourth-order valence-corrected chi connectivity index (χ4v) is 2.71. The van der Waals surface area contributed by atoms with E-state index in [0.29, 0.717) is 17.4 Å². The second-order valence-corrected chi connectivity index (χ2v) is 5.22. The first-order valence-electron chi connectivity index (χ1n) is 6.59. The Kier molecular flexibility index (Phi) is 3.50. The summed E-state index contributed by atoms with van der Waals surface area (Å²) in [6.45, 7) is 1.35. The Morgan fingerprint density at radius 3 is 2.95 bits per heavy atom. The van der Waals surface area contributed by atoms with E-state index in [0.717, 1.165) is 30.0 Å². The molecule has 8 heteroatoms. The molecule has 110 valence electrons. The van der Waals surface area contributed by atoms with Crippen LogP contribution < -0.4 is 15.8 Å². The maximum atomic E-state index is 11.7. The predicted octanol–water partition coefficient (Wildman–Crippen LogP) is 0.828. The van der Waals surface area contributed by atoms with E-state index >= 15 is 0 Å². The van der Waals surface area contributed by atoms with Crippen LogP contribution in [0.25, 0.3) is 0 Å². The van der Waals surface area contributed by atoms with Gasteiger partial charge in [-0.1, -0.05) is 11.6 Å². The van der Waals surface area contributed by atoms with Crippen molar-refractivity contribution in [2.24, 2.45) is 7.05 Å². The van der Waals surface area contributed by atoms with Crippen molar-refractivity contribution in [1.82, 2.24) is 19.7 Å². The van der Waals surface area contributed by atoms with E-state index < -0.39 is 0 Å². The minimum absolute atomic E-state index is 0.106. The van der Waals surface area contributed by atoms with Crippen molar-refractivity contribution >= 4 is 23.1 Å². The summed E-state index contributed by atoms with van der Waals surface area (Å²) in [5, 5.41) is 7.71. The van der Waals surface area contributed by atoms with E-state index in [4.69, 9.17) is 11.6 Å². The van der Waals surface area contributed by atoms with Crippen LogP contribution in [0.15, 0.2) is 17.2 Å². The van der Waals surface area contributed by atoms with Crippen LogP contribution in [0.4, 0.5) is 11.5 Å². The lowest BCUT2D eigenvalue weighted by Crippen LogP contribution is -2.35. The molecule has 0 saturated carbocycles. The molecule has 7 nitrogen and oxygen atoms in total. The number of halogens is 1. The summed E-state index contributed by atoms with van der Waals surface area (Å²) < 4.78 is 1.37. The van der Waals surface area contributed by atoms with Crippen molar-refractivity contribution in [1.29, 1.82) is 0 Å². The van der Waals surface area contributed by atoms with Gasteiger partial charge >= 0.3 is 0 Å². The fraction of sp³-hybridized carbons (Fsp3) is 0.385. The van der Waals surface area contributed by atoms with Crippen molar-refractivity contribution in [3.8, 4) is 0 Å². The fourth-order valence-electron chi connectivity index (χ4n) is 2.48. The third-order valence-electron chi connectivity index (χ3n) is 3.57. The first-order chi connectivity index (χ1) is 10.1. The maximum Gasteiger partial charge on any atom is 0.266 e. The third-order valence-corrected chi connectivity index (χ3v) is 3.85. The van der Waals surface area contributed by atoms with Gasteiger partial charge in [-0.3, -0.25) is 4.79 Å². The Balaban J connectivity index is 1.98. The summed E-state index contributed by atoms with van der Waals surface area (Å²) in [6.07, 6.45) is 2.20. The lowest BCUT2D eigenvalue weighted by atomic mass is 10.1. The highest BCUT2D eigenvalue weighted by molar-refractivity contribution is 6.32. The molecule has 3 rings (SSSR count). The highest BCUT2D eigenvalue weighted by atomic mass is 35.5. The zero-order chi connectivity index (χ0) is 15.0. The summed E-state index contributed by atoms with van der Waals surface area (Å²) in [4.78, 5) is 22.1. The van der Waals surface area contributed by atoms with E-state index in [-0.39, 0.29) is 5.56 Å². The van der Waals surface area contributed by atoms with E-state index in [1.807, 2.05) is 0 Å². The molecular weight excluding hydrogens is 292 g/mol. The number of fused-ring (bicyclic) bond motifs is 1. The SMILES string of the molecule is CNc1c(Cl)ncnc1N1CCc2nn(C)c(=O)cc2C1. The molecule has 1 aliphatic heterocycles. The number of anilines is 2. The average molecular weight is 307 g/mol. The number of hydrogen-bond acceptors (Lipinski definition) is 6. The van der Waals surface area contributed by atoms with Crippen LogP contribution in [0.2, 0.25) is 5.15 Å². The second kappa shape index (κ2) is 5.33. The molecule has 0 amide bonds. The lowest BCUT2D eigenvalue weighted by Gasteiger charge is -2.30. The van der Waals surface area contributed by atoms with Gasteiger partial charge in [-0.2, -0.15) is 5.10 Å². The van der Waals surface area contributed by atoms with Crippen LogP contribution in [-0.4, -0.2) is 33.3 Å². The molecule has 0 aliphatic carbocycles. The molecule has 0 bridgehead atoms. The van der Waals surface area contributed by atoms with E-state index in [2.05, 4.69) is 25.3 Å². The molecule has 0 aromatic carbocycles. The first-order valence-corrected chi connectivity index (χ1v) is 6.97. The summed E-state index contributed by atoms with van der Waals surface area (Å²) in [5.41, 5.74) is 2.48. The molecule has 1 aliphatic rings. The van der Waals surface area contributed by atoms with Gasteiger partial charge in [0.15, 0.2) is 11.0 Å². The van der Waals surface area contributed by atoms with Gasteiger partial charge in [0, 0.05) is 45.2 Å². The Labute approximate surface area is 126 Å². The lowest BCUT2D eigenvalue weighted by molar-refractivity contribution is 0.622. The van der Waals surface area contributed by atoms with Crippen LogP contribution in [0.1, 0.15) is 11.3 Å². The summed E-state index contributed by atoms with van der Waals surface area (Å²) in [5.74, 6) is 0.740. The Bertz CT molecular complexity index is 744. The van der Waals surface area contributed by atoms with Crippen molar-refractivity contribution in [2.45, 2.75) is 13.0 Å². The van der Waals surface area contributed by atoms with Gasteiger partial charge in [0.05, 0.1) is 5.69 Å². The molecule has 3 heterocycles. The normalized spacial score (nSPS) is 14.0. The quantitative estimate of drug-likeness (QED) is 0.828. The Morgan fingerprint density at radius 1 is 1.38 bits per heavy atom. The zero-order valence-electron chi connectivity index (χ0n) is 11.8. The van der Waals surface area contributed by atoms with Crippen LogP contribution in [0.5, 0.6) is 0 Å². The average Bonchev–Trinajstić information content (AvgIpc) is 2.48. The van der Waals surface area contributed by atoms with E-state index in [9.17, 15) is 4.79 Å². The van der Waals surface area contributed by atoms with Gasteiger partial charge in [0.1, 0.15) is 12.0 Å². The van der Waals surface area contributed by atoms with E-state index in [1.54, 1.807) is 20.2 Å². The molecule has 0 saturated heterocycles. The summed E-state index contributed by atoms with van der Waals surface area (Å²) >= 11 is 6.09. The van der Waals surface area contributed by atoms with Crippen molar-refractivity contribution in [3.63, 3.8) is 0 Å². The van der Waals surface area contributed by atoms with Gasteiger partial charge in [0.2, 0.25) is 0 Å². The Morgan fingerprint density at radius 2 is 2.19 bits per heavy atom. The maximum absolute atomic E-state index is 11.7. The number of aromatic nitrogens is 4. The molecule has 0 radical (unpaired) electrons. The number of hydrogen-bond donors (Lipinski definition) is 1. The summed E-state index contributed by atoms with van der Waals surface area (Å²) in [6, 6.07) is 1.64. The van der Waals surface area contributed by atoms with Crippen LogP contribution in [-0.2, 0) is 20.0 Å². The van der Waals surface area contributed by atoms with E-state index in [1.165, 1.54) is 11.0 Å². The smallest absolute Gasteiger partial charge is 0.266 e. The molecular formula is C13H15ClN6O. The molecule has 0 spiro atoms. The zero-order valence-corrected chi connectivity index (χ0v) is 12.6. The van der Waals surface area contributed by atoms with Crippen LogP contribution in [0.3, 0.4) is 0 Å². The molecule has 2 aromatic heterocycles. The van der Waals surface area contributed by atoms with Crippen LogP contribution in [0, 0.1) is 0 Å². The molecule has 0 unspecified atom stereocenters. The van der Waals surface area contributed by atoms with Gasteiger partial charge < -0.3 is 10.2 Å². The predicted molar refractivity (Wildman–Crippen MR) is 80.8 cm³/mol. The van der Waals surface area contributed by atoms with Gasteiger partial charge in [-0.25, -0.2) is 14.6 Å². The molecule has 1 N–H and O–H groups in total.